The van der Waals surface area contributed by atoms with E-state index in [4.69, 9.17) is 4.74 Å². The van der Waals surface area contributed by atoms with Gasteiger partial charge in [-0.2, -0.15) is 0 Å². The summed E-state index contributed by atoms with van der Waals surface area (Å²) in [5.41, 5.74) is 1.53. The van der Waals surface area contributed by atoms with Gasteiger partial charge in [0.2, 0.25) is 0 Å². The molecule has 92 valence electrons. The number of phenolic OH excluding ortho intramolecular Hbond substituents is 1. The number of ether oxygens (including phenoxy) is 1. The molecule has 0 spiro atoms. The maximum Gasteiger partial charge on any atom is 0.196 e. The molecule has 0 aromatic heterocycles. The van der Waals surface area contributed by atoms with Gasteiger partial charge in [-0.1, -0.05) is 12.1 Å². The third-order valence-corrected chi connectivity index (χ3v) is 2.83. The van der Waals surface area contributed by atoms with Gasteiger partial charge in [-0.3, -0.25) is 4.79 Å². The Hall–Kier alpha value is -2.29. The highest BCUT2D eigenvalue weighted by molar-refractivity contribution is 6.10. The predicted octanol–water partition coefficient (Wildman–Crippen LogP) is 2.94. The van der Waals surface area contributed by atoms with Crippen molar-refractivity contribution in [3.63, 3.8) is 0 Å². The van der Waals surface area contributed by atoms with Crippen molar-refractivity contribution in [3.8, 4) is 11.5 Å². The number of ketones is 1. The van der Waals surface area contributed by atoms with Crippen LogP contribution in [0.25, 0.3) is 0 Å². The Kier molecular flexibility index (Phi) is 3.33. The summed E-state index contributed by atoms with van der Waals surface area (Å²) in [4.78, 5) is 12.2. The summed E-state index contributed by atoms with van der Waals surface area (Å²) < 4.78 is 5.04. The number of methoxy groups -OCH3 is 1. The third-order valence-electron chi connectivity index (χ3n) is 2.83. The molecule has 0 atom stereocenters. The largest absolute Gasteiger partial charge is 0.507 e. The third kappa shape index (κ3) is 2.20. The number of carbonyl (C=O) groups is 1. The zero-order valence-corrected chi connectivity index (χ0v) is 10.3. The van der Waals surface area contributed by atoms with Crippen LogP contribution in [0.1, 0.15) is 21.5 Å². The molecule has 0 aliphatic rings. The minimum atomic E-state index is -0.196. The number of para-hydroxylation sites is 1. The monoisotopic (exact) mass is 242 g/mol. The number of aromatic hydroxyl groups is 1. The first-order chi connectivity index (χ1) is 8.63. The molecule has 0 saturated heterocycles. The predicted molar refractivity (Wildman–Crippen MR) is 69.3 cm³/mol. The Morgan fingerprint density at radius 2 is 1.78 bits per heavy atom. The number of rotatable bonds is 3. The van der Waals surface area contributed by atoms with Gasteiger partial charge in [-0.15, -0.1) is 0 Å². The molecule has 2 aromatic carbocycles. The highest BCUT2D eigenvalue weighted by Gasteiger charge is 2.14. The zero-order chi connectivity index (χ0) is 13.1. The van der Waals surface area contributed by atoms with Gasteiger partial charge < -0.3 is 9.84 Å². The van der Waals surface area contributed by atoms with Crippen molar-refractivity contribution in [1.29, 1.82) is 0 Å². The lowest BCUT2D eigenvalue weighted by Gasteiger charge is -2.06. The van der Waals surface area contributed by atoms with Crippen molar-refractivity contribution < 1.29 is 14.6 Å². The van der Waals surface area contributed by atoms with Crippen LogP contribution in [0.4, 0.5) is 0 Å². The lowest BCUT2D eigenvalue weighted by Crippen LogP contribution is -2.02. The molecule has 3 nitrogen and oxygen atoms in total. The smallest absolute Gasteiger partial charge is 0.196 e. The molecule has 2 rings (SSSR count). The first-order valence-electron chi connectivity index (χ1n) is 5.61. The molecule has 2 aromatic rings. The Balaban J connectivity index is 2.38. The van der Waals surface area contributed by atoms with E-state index in [1.807, 2.05) is 0 Å². The van der Waals surface area contributed by atoms with Gasteiger partial charge in [-0.25, -0.2) is 0 Å². The van der Waals surface area contributed by atoms with Gasteiger partial charge in [0.25, 0.3) is 0 Å². The summed E-state index contributed by atoms with van der Waals surface area (Å²) in [6.45, 7) is 1.76. The van der Waals surface area contributed by atoms with Crippen LogP contribution >= 0.6 is 0 Å². The quantitative estimate of drug-likeness (QED) is 0.842. The lowest BCUT2D eigenvalue weighted by molar-refractivity contribution is 0.103. The van der Waals surface area contributed by atoms with Gasteiger partial charge in [0.15, 0.2) is 5.78 Å². The Morgan fingerprint density at radius 1 is 1.11 bits per heavy atom. The highest BCUT2D eigenvalue weighted by atomic mass is 16.5. The minimum absolute atomic E-state index is 0.0401. The molecule has 0 unspecified atom stereocenters. The van der Waals surface area contributed by atoms with Gasteiger partial charge in [-0.05, 0) is 42.8 Å². The first kappa shape index (κ1) is 12.2. The summed E-state index contributed by atoms with van der Waals surface area (Å²) in [5, 5.41) is 9.88. The van der Waals surface area contributed by atoms with Crippen LogP contribution in [0.2, 0.25) is 0 Å². The molecular formula is C15H14O3. The first-order valence-corrected chi connectivity index (χ1v) is 5.61. The average molecular weight is 242 g/mol. The van der Waals surface area contributed by atoms with E-state index in [0.717, 1.165) is 0 Å². The Bertz CT molecular complexity index is 571. The lowest BCUT2D eigenvalue weighted by atomic mass is 10.0. The second-order valence-electron chi connectivity index (χ2n) is 4.03. The Morgan fingerprint density at radius 3 is 2.39 bits per heavy atom. The van der Waals surface area contributed by atoms with Gasteiger partial charge in [0.05, 0.1) is 12.7 Å². The molecule has 18 heavy (non-hydrogen) atoms. The van der Waals surface area contributed by atoms with Crippen molar-refractivity contribution in [3.05, 3.63) is 59.2 Å². The topological polar surface area (TPSA) is 46.5 Å². The van der Waals surface area contributed by atoms with E-state index in [1.165, 1.54) is 0 Å². The van der Waals surface area contributed by atoms with Crippen LogP contribution in [0.3, 0.4) is 0 Å². The van der Waals surface area contributed by atoms with Gasteiger partial charge in [0, 0.05) is 5.56 Å². The van der Waals surface area contributed by atoms with Crippen LogP contribution in [-0.4, -0.2) is 18.0 Å². The van der Waals surface area contributed by atoms with E-state index in [1.54, 1.807) is 56.5 Å². The van der Waals surface area contributed by atoms with E-state index in [9.17, 15) is 9.90 Å². The fourth-order valence-corrected chi connectivity index (χ4v) is 1.74. The number of hydrogen-bond acceptors (Lipinski definition) is 3. The number of aryl methyl sites for hydroxylation is 1. The molecule has 0 amide bonds. The Labute approximate surface area is 106 Å². The summed E-state index contributed by atoms with van der Waals surface area (Å²) in [6.07, 6.45) is 0. The molecule has 0 bridgehead atoms. The second kappa shape index (κ2) is 4.92. The normalized spacial score (nSPS) is 10.1. The van der Waals surface area contributed by atoms with Crippen LogP contribution in [-0.2, 0) is 0 Å². The molecular weight excluding hydrogens is 228 g/mol. The SMILES string of the molecule is COc1ccc(C(=O)c2cccc(C)c2O)cc1. The van der Waals surface area contributed by atoms with Crippen molar-refractivity contribution in [1.82, 2.24) is 0 Å². The molecule has 3 heteroatoms. The summed E-state index contributed by atoms with van der Waals surface area (Å²) in [7, 11) is 1.57. The van der Waals surface area contributed by atoms with E-state index in [2.05, 4.69) is 0 Å². The standard InChI is InChI=1S/C15H14O3/c1-10-4-3-5-13(14(10)16)15(17)11-6-8-12(18-2)9-7-11/h3-9,16H,1-2H3. The molecule has 0 aliphatic carbocycles. The molecule has 0 radical (unpaired) electrons. The zero-order valence-electron chi connectivity index (χ0n) is 10.3. The van der Waals surface area contributed by atoms with Crippen molar-refractivity contribution >= 4 is 5.78 Å². The fourth-order valence-electron chi connectivity index (χ4n) is 1.74. The van der Waals surface area contributed by atoms with Crippen LogP contribution in [0, 0.1) is 6.92 Å². The van der Waals surface area contributed by atoms with Crippen molar-refractivity contribution in [2.24, 2.45) is 0 Å². The fraction of sp³-hybridized carbons (Fsp3) is 0.133. The molecule has 0 heterocycles. The van der Waals surface area contributed by atoms with Crippen LogP contribution in [0.5, 0.6) is 11.5 Å². The second-order valence-corrected chi connectivity index (χ2v) is 4.03. The van der Waals surface area contributed by atoms with E-state index in [-0.39, 0.29) is 11.5 Å². The summed E-state index contributed by atoms with van der Waals surface area (Å²) in [6, 6.07) is 12.0. The maximum absolute atomic E-state index is 12.2. The molecule has 0 aliphatic heterocycles. The summed E-state index contributed by atoms with van der Waals surface area (Å²) >= 11 is 0. The van der Waals surface area contributed by atoms with Crippen LogP contribution < -0.4 is 4.74 Å². The highest BCUT2D eigenvalue weighted by Crippen LogP contribution is 2.24. The number of hydrogen-bond donors (Lipinski definition) is 1. The number of benzene rings is 2. The average Bonchev–Trinajstić information content (AvgIpc) is 2.41. The molecule has 0 saturated carbocycles. The van der Waals surface area contributed by atoms with E-state index in [0.29, 0.717) is 22.4 Å². The van der Waals surface area contributed by atoms with Crippen molar-refractivity contribution in [2.45, 2.75) is 6.92 Å². The number of carbonyl (C=O) groups excluding carboxylic acids is 1. The van der Waals surface area contributed by atoms with E-state index >= 15 is 0 Å². The van der Waals surface area contributed by atoms with Gasteiger partial charge in [0.1, 0.15) is 11.5 Å². The molecule has 1 N–H and O–H groups in total. The maximum atomic E-state index is 12.2. The molecule has 0 fully saturated rings. The van der Waals surface area contributed by atoms with Crippen LogP contribution in [0.15, 0.2) is 42.5 Å². The summed E-state index contributed by atoms with van der Waals surface area (Å²) in [5.74, 6) is 0.539. The minimum Gasteiger partial charge on any atom is -0.507 e. The number of phenols is 1. The van der Waals surface area contributed by atoms with Crippen molar-refractivity contribution in [2.75, 3.05) is 7.11 Å². The van der Waals surface area contributed by atoms with Gasteiger partial charge >= 0.3 is 0 Å². The van der Waals surface area contributed by atoms with E-state index < -0.39 is 0 Å².